The van der Waals surface area contributed by atoms with Crippen LogP contribution in [0, 0.1) is 5.92 Å². The summed E-state index contributed by atoms with van der Waals surface area (Å²) in [5.41, 5.74) is 1.09. The molecule has 1 aromatic heterocycles. The zero-order chi connectivity index (χ0) is 12.3. The third-order valence-electron chi connectivity index (χ3n) is 2.95. The number of nitrogens with zero attached hydrogens (tertiary/aromatic N) is 1. The van der Waals surface area contributed by atoms with Crippen LogP contribution in [0.4, 0.5) is 0 Å². The molecule has 0 aliphatic carbocycles. The van der Waals surface area contributed by atoms with Gasteiger partial charge >= 0.3 is 0 Å². The van der Waals surface area contributed by atoms with Crippen molar-refractivity contribution in [3.8, 4) is 0 Å². The highest BCUT2D eigenvalue weighted by Crippen LogP contribution is 2.12. The highest BCUT2D eigenvalue weighted by atomic mass is 16.1. The van der Waals surface area contributed by atoms with Crippen molar-refractivity contribution in [1.29, 1.82) is 0 Å². The molecule has 2 rings (SSSR count). The summed E-state index contributed by atoms with van der Waals surface area (Å²) in [6.45, 7) is 3.81. The zero-order valence-electron chi connectivity index (χ0n) is 10.3. The van der Waals surface area contributed by atoms with Gasteiger partial charge in [0.15, 0.2) is 0 Å². The first-order valence-corrected chi connectivity index (χ1v) is 5.95. The van der Waals surface area contributed by atoms with Crippen LogP contribution in [0.25, 0.3) is 10.9 Å². The first-order valence-electron chi connectivity index (χ1n) is 5.95. The summed E-state index contributed by atoms with van der Waals surface area (Å²) in [6, 6.07) is 11.5. The summed E-state index contributed by atoms with van der Waals surface area (Å²) in [7, 11) is 1.93. The Labute approximate surface area is 101 Å². The third-order valence-corrected chi connectivity index (χ3v) is 2.95. The number of benzene rings is 1. The van der Waals surface area contributed by atoms with Gasteiger partial charge in [-0.15, -0.1) is 0 Å². The largest absolute Gasteiger partial charge is 0.319 e. The quantitative estimate of drug-likeness (QED) is 0.870. The predicted octanol–water partition coefficient (Wildman–Crippen LogP) is 1.86. The smallest absolute Gasteiger partial charge is 0.251 e. The van der Waals surface area contributed by atoms with Crippen LogP contribution in [0.15, 0.2) is 41.2 Å². The molecule has 1 aromatic carbocycles. The summed E-state index contributed by atoms with van der Waals surface area (Å²) < 4.78 is 1.86. The number of para-hydroxylation sites is 1. The highest BCUT2D eigenvalue weighted by Gasteiger charge is 2.06. The first kappa shape index (κ1) is 11.9. The maximum Gasteiger partial charge on any atom is 0.251 e. The van der Waals surface area contributed by atoms with Gasteiger partial charge in [-0.3, -0.25) is 4.79 Å². The van der Waals surface area contributed by atoms with E-state index in [9.17, 15) is 4.79 Å². The molecule has 0 saturated heterocycles. The first-order chi connectivity index (χ1) is 8.22. The number of pyridine rings is 1. The molecule has 0 aliphatic rings. The molecule has 0 saturated carbocycles. The lowest BCUT2D eigenvalue weighted by atomic mass is 10.1. The third kappa shape index (κ3) is 2.56. The van der Waals surface area contributed by atoms with Crippen LogP contribution in [0.5, 0.6) is 0 Å². The van der Waals surface area contributed by atoms with E-state index >= 15 is 0 Å². The Balaban J connectivity index is 2.44. The summed E-state index contributed by atoms with van der Waals surface area (Å²) in [4.78, 5) is 11.9. The Bertz CT molecular complexity index is 559. The van der Waals surface area contributed by atoms with Gasteiger partial charge < -0.3 is 9.88 Å². The fraction of sp³-hybridized carbons (Fsp3) is 0.357. The maximum absolute atomic E-state index is 11.9. The van der Waals surface area contributed by atoms with Crippen molar-refractivity contribution in [2.75, 3.05) is 13.6 Å². The molecule has 3 heteroatoms. The van der Waals surface area contributed by atoms with Gasteiger partial charge in [-0.05, 0) is 37.0 Å². The molecule has 17 heavy (non-hydrogen) atoms. The fourth-order valence-corrected chi connectivity index (χ4v) is 2.16. The van der Waals surface area contributed by atoms with Crippen molar-refractivity contribution in [2.24, 2.45) is 5.92 Å². The molecule has 1 N–H and O–H groups in total. The fourth-order valence-electron chi connectivity index (χ4n) is 2.16. The van der Waals surface area contributed by atoms with E-state index in [0.29, 0.717) is 5.92 Å². The van der Waals surface area contributed by atoms with Crippen molar-refractivity contribution in [1.82, 2.24) is 9.88 Å². The monoisotopic (exact) mass is 230 g/mol. The second-order valence-electron chi connectivity index (χ2n) is 4.50. The van der Waals surface area contributed by atoms with E-state index in [0.717, 1.165) is 24.0 Å². The van der Waals surface area contributed by atoms with E-state index < -0.39 is 0 Å². The van der Waals surface area contributed by atoms with Crippen LogP contribution in [0.3, 0.4) is 0 Å². The van der Waals surface area contributed by atoms with Crippen LogP contribution in [-0.4, -0.2) is 18.2 Å². The lowest BCUT2D eigenvalue weighted by Gasteiger charge is -2.15. The Morgan fingerprint density at radius 1 is 1.24 bits per heavy atom. The van der Waals surface area contributed by atoms with Crippen LogP contribution >= 0.6 is 0 Å². The normalized spacial score (nSPS) is 12.8. The van der Waals surface area contributed by atoms with Crippen molar-refractivity contribution in [3.63, 3.8) is 0 Å². The van der Waals surface area contributed by atoms with Crippen LogP contribution in [0.1, 0.15) is 6.92 Å². The summed E-state index contributed by atoms with van der Waals surface area (Å²) in [5.74, 6) is 0.434. The maximum atomic E-state index is 11.9. The standard InChI is InChI=1S/C14H18N2O/c1-11(9-15-2)10-16-13-6-4-3-5-12(13)7-8-14(16)17/h3-8,11,15H,9-10H2,1-2H3. The molecule has 0 amide bonds. The van der Waals surface area contributed by atoms with E-state index in [2.05, 4.69) is 12.2 Å². The number of nitrogens with one attached hydrogen (secondary N) is 1. The minimum absolute atomic E-state index is 0.0756. The Hall–Kier alpha value is -1.61. The van der Waals surface area contributed by atoms with Gasteiger partial charge in [-0.1, -0.05) is 25.1 Å². The van der Waals surface area contributed by atoms with Gasteiger partial charge in [-0.25, -0.2) is 0 Å². The van der Waals surface area contributed by atoms with Gasteiger partial charge in [0.2, 0.25) is 0 Å². The minimum Gasteiger partial charge on any atom is -0.319 e. The van der Waals surface area contributed by atoms with E-state index in [1.165, 1.54) is 0 Å². The molecular formula is C14H18N2O. The average molecular weight is 230 g/mol. The second kappa shape index (κ2) is 5.15. The predicted molar refractivity (Wildman–Crippen MR) is 71.3 cm³/mol. The molecule has 0 spiro atoms. The van der Waals surface area contributed by atoms with Crippen molar-refractivity contribution in [3.05, 3.63) is 46.8 Å². The molecule has 1 unspecified atom stereocenters. The van der Waals surface area contributed by atoms with Gasteiger partial charge in [0, 0.05) is 12.6 Å². The Kier molecular flexibility index (Phi) is 3.59. The molecule has 1 atom stereocenters. The Morgan fingerprint density at radius 2 is 2.00 bits per heavy atom. The molecule has 0 fully saturated rings. The summed E-state index contributed by atoms with van der Waals surface area (Å²) in [5, 5.41) is 4.25. The highest BCUT2D eigenvalue weighted by molar-refractivity contribution is 5.78. The van der Waals surface area contributed by atoms with Gasteiger partial charge in [0.25, 0.3) is 5.56 Å². The van der Waals surface area contributed by atoms with Crippen LogP contribution in [0.2, 0.25) is 0 Å². The van der Waals surface area contributed by atoms with Gasteiger partial charge in [0.05, 0.1) is 5.52 Å². The number of fused-ring (bicyclic) bond motifs is 1. The van der Waals surface area contributed by atoms with Crippen molar-refractivity contribution >= 4 is 10.9 Å². The summed E-state index contributed by atoms with van der Waals surface area (Å²) >= 11 is 0. The van der Waals surface area contributed by atoms with E-state index in [-0.39, 0.29) is 5.56 Å². The SMILES string of the molecule is CNCC(C)Cn1c(=O)ccc2ccccc21. The number of aromatic nitrogens is 1. The molecule has 90 valence electrons. The minimum atomic E-state index is 0.0756. The molecule has 2 aromatic rings. The Morgan fingerprint density at radius 3 is 2.76 bits per heavy atom. The molecule has 1 heterocycles. The van der Waals surface area contributed by atoms with Crippen molar-refractivity contribution < 1.29 is 0 Å². The van der Waals surface area contributed by atoms with E-state index in [1.807, 2.05) is 41.9 Å². The van der Waals surface area contributed by atoms with Gasteiger partial charge in [-0.2, -0.15) is 0 Å². The van der Waals surface area contributed by atoms with E-state index in [4.69, 9.17) is 0 Å². The number of hydrogen-bond donors (Lipinski definition) is 1. The average Bonchev–Trinajstić information content (AvgIpc) is 2.33. The molecule has 3 nitrogen and oxygen atoms in total. The summed E-state index contributed by atoms with van der Waals surface area (Å²) in [6.07, 6.45) is 0. The lowest BCUT2D eigenvalue weighted by Crippen LogP contribution is -2.27. The number of hydrogen-bond acceptors (Lipinski definition) is 2. The molecular weight excluding hydrogens is 212 g/mol. The van der Waals surface area contributed by atoms with E-state index in [1.54, 1.807) is 6.07 Å². The van der Waals surface area contributed by atoms with Crippen molar-refractivity contribution in [2.45, 2.75) is 13.5 Å². The molecule has 0 aliphatic heterocycles. The zero-order valence-corrected chi connectivity index (χ0v) is 10.3. The van der Waals surface area contributed by atoms with Crippen LogP contribution < -0.4 is 10.9 Å². The van der Waals surface area contributed by atoms with Crippen LogP contribution in [-0.2, 0) is 6.54 Å². The molecule has 0 radical (unpaired) electrons. The molecule has 0 bridgehead atoms. The second-order valence-corrected chi connectivity index (χ2v) is 4.50. The topological polar surface area (TPSA) is 34.0 Å². The number of rotatable bonds is 4. The van der Waals surface area contributed by atoms with Gasteiger partial charge in [0.1, 0.15) is 0 Å². The lowest BCUT2D eigenvalue weighted by molar-refractivity contribution is 0.463.